The van der Waals surface area contributed by atoms with Crippen molar-refractivity contribution in [3.63, 3.8) is 0 Å². The van der Waals surface area contributed by atoms with Crippen molar-refractivity contribution in [2.75, 3.05) is 0 Å². The SMILES string of the molecule is CCCCCc1ccc(C(F)(F)OC(C)c2ccc(C#N)c(F)c2)cc1. The van der Waals surface area contributed by atoms with Gasteiger partial charge in [0, 0.05) is 0 Å². The quantitative estimate of drug-likeness (QED) is 0.520. The number of nitrogens with zero attached hydrogens (tertiary/aromatic N) is 1. The number of unbranched alkanes of at least 4 members (excludes halogenated alkanes) is 2. The van der Waals surface area contributed by atoms with Gasteiger partial charge in [0.25, 0.3) is 0 Å². The fourth-order valence-electron chi connectivity index (χ4n) is 2.68. The molecule has 1 atom stereocenters. The molecule has 0 saturated heterocycles. The van der Waals surface area contributed by atoms with Gasteiger partial charge >= 0.3 is 6.11 Å². The summed E-state index contributed by atoms with van der Waals surface area (Å²) in [6, 6.07) is 11.5. The third-order valence-corrected chi connectivity index (χ3v) is 4.27. The van der Waals surface area contributed by atoms with E-state index in [1.165, 1.54) is 31.2 Å². The van der Waals surface area contributed by atoms with Crippen LogP contribution in [0, 0.1) is 17.1 Å². The predicted molar refractivity (Wildman–Crippen MR) is 94.2 cm³/mol. The van der Waals surface area contributed by atoms with Crippen molar-refractivity contribution in [1.29, 1.82) is 5.26 Å². The fourth-order valence-corrected chi connectivity index (χ4v) is 2.68. The van der Waals surface area contributed by atoms with Gasteiger partial charge in [-0.15, -0.1) is 0 Å². The van der Waals surface area contributed by atoms with Crippen LogP contribution < -0.4 is 0 Å². The fraction of sp³-hybridized carbons (Fsp3) is 0.381. The van der Waals surface area contributed by atoms with E-state index < -0.39 is 18.0 Å². The molecule has 0 N–H and O–H groups in total. The standard InChI is InChI=1S/C21H22F3NO/c1-3-4-5-6-16-7-11-19(12-8-16)21(23,24)26-15(2)17-9-10-18(14-25)20(22)13-17/h7-13,15H,3-6H2,1-2H3. The van der Waals surface area contributed by atoms with Crippen LogP contribution in [0.3, 0.4) is 0 Å². The van der Waals surface area contributed by atoms with Crippen molar-refractivity contribution in [3.05, 3.63) is 70.5 Å². The highest BCUT2D eigenvalue weighted by Gasteiger charge is 2.35. The van der Waals surface area contributed by atoms with Crippen molar-refractivity contribution >= 4 is 0 Å². The maximum atomic E-state index is 14.4. The van der Waals surface area contributed by atoms with E-state index in [1.54, 1.807) is 18.2 Å². The van der Waals surface area contributed by atoms with E-state index in [0.717, 1.165) is 37.3 Å². The Balaban J connectivity index is 2.07. The minimum Gasteiger partial charge on any atom is -0.309 e. The summed E-state index contributed by atoms with van der Waals surface area (Å²) in [5, 5.41) is 8.73. The van der Waals surface area contributed by atoms with Gasteiger partial charge in [0.15, 0.2) is 0 Å². The molecule has 2 nitrogen and oxygen atoms in total. The van der Waals surface area contributed by atoms with Crippen LogP contribution in [0.2, 0.25) is 0 Å². The van der Waals surface area contributed by atoms with Gasteiger partial charge in [-0.05, 0) is 43.0 Å². The van der Waals surface area contributed by atoms with Crippen LogP contribution in [0.1, 0.15) is 61.5 Å². The molecule has 0 radical (unpaired) electrons. The van der Waals surface area contributed by atoms with Gasteiger partial charge in [0.1, 0.15) is 11.9 Å². The lowest BCUT2D eigenvalue weighted by molar-refractivity contribution is -0.272. The molecular weight excluding hydrogens is 339 g/mol. The molecule has 2 rings (SSSR count). The molecule has 0 fully saturated rings. The molecular formula is C21H22F3NO. The largest absolute Gasteiger partial charge is 0.383 e. The smallest absolute Gasteiger partial charge is 0.309 e. The lowest BCUT2D eigenvalue weighted by Crippen LogP contribution is -2.20. The van der Waals surface area contributed by atoms with Crippen LogP contribution in [0.4, 0.5) is 13.2 Å². The van der Waals surface area contributed by atoms with Gasteiger partial charge in [0.05, 0.1) is 17.2 Å². The second-order valence-electron chi connectivity index (χ2n) is 6.28. The lowest BCUT2D eigenvalue weighted by Gasteiger charge is -2.22. The van der Waals surface area contributed by atoms with Crippen LogP contribution in [0.15, 0.2) is 42.5 Å². The molecule has 0 heterocycles. The second kappa shape index (κ2) is 8.86. The zero-order valence-electron chi connectivity index (χ0n) is 14.9. The Morgan fingerprint density at radius 3 is 2.38 bits per heavy atom. The summed E-state index contributed by atoms with van der Waals surface area (Å²) < 4.78 is 47.4. The summed E-state index contributed by atoms with van der Waals surface area (Å²) in [5.74, 6) is -0.750. The van der Waals surface area contributed by atoms with E-state index >= 15 is 0 Å². The van der Waals surface area contributed by atoms with Crippen molar-refractivity contribution in [2.24, 2.45) is 0 Å². The molecule has 0 spiro atoms. The number of hydrogen-bond donors (Lipinski definition) is 0. The average Bonchev–Trinajstić information content (AvgIpc) is 2.62. The van der Waals surface area contributed by atoms with Crippen LogP contribution in [-0.2, 0) is 17.3 Å². The van der Waals surface area contributed by atoms with Crippen LogP contribution in [0.25, 0.3) is 0 Å². The zero-order chi connectivity index (χ0) is 19.2. The maximum Gasteiger partial charge on any atom is 0.383 e. The Labute approximate surface area is 152 Å². The van der Waals surface area contributed by atoms with E-state index in [9.17, 15) is 13.2 Å². The Bertz CT molecular complexity index is 766. The second-order valence-corrected chi connectivity index (χ2v) is 6.28. The Morgan fingerprint density at radius 2 is 1.81 bits per heavy atom. The minimum atomic E-state index is -3.49. The topological polar surface area (TPSA) is 33.0 Å². The summed E-state index contributed by atoms with van der Waals surface area (Å²) in [4.78, 5) is 0. The normalized spacial score (nSPS) is 12.6. The lowest BCUT2D eigenvalue weighted by atomic mass is 10.0. The predicted octanol–water partition coefficient (Wildman–Crippen LogP) is 6.26. The van der Waals surface area contributed by atoms with Gasteiger partial charge < -0.3 is 4.74 Å². The summed E-state index contributed by atoms with van der Waals surface area (Å²) in [6.07, 6.45) is -0.411. The van der Waals surface area contributed by atoms with Crippen LogP contribution in [0.5, 0.6) is 0 Å². The Hall–Kier alpha value is -2.32. The highest BCUT2D eigenvalue weighted by atomic mass is 19.3. The van der Waals surface area contributed by atoms with Crippen LogP contribution in [-0.4, -0.2) is 0 Å². The first kappa shape index (κ1) is 20.0. The molecule has 0 aliphatic rings. The van der Waals surface area contributed by atoms with Crippen molar-refractivity contribution < 1.29 is 17.9 Å². The van der Waals surface area contributed by atoms with E-state index in [-0.39, 0.29) is 16.7 Å². The summed E-state index contributed by atoms with van der Waals surface area (Å²) >= 11 is 0. The number of alkyl halides is 2. The molecule has 5 heteroatoms. The van der Waals surface area contributed by atoms with Gasteiger partial charge in [-0.2, -0.15) is 14.0 Å². The highest BCUT2D eigenvalue weighted by molar-refractivity contribution is 5.34. The zero-order valence-corrected chi connectivity index (χ0v) is 14.9. The maximum absolute atomic E-state index is 14.4. The van der Waals surface area contributed by atoms with Gasteiger partial charge in [-0.25, -0.2) is 4.39 Å². The van der Waals surface area contributed by atoms with Crippen molar-refractivity contribution in [1.82, 2.24) is 0 Å². The summed E-state index contributed by atoms with van der Waals surface area (Å²) in [7, 11) is 0. The molecule has 0 bridgehead atoms. The molecule has 1 unspecified atom stereocenters. The summed E-state index contributed by atoms with van der Waals surface area (Å²) in [5.41, 5.74) is 0.890. The Morgan fingerprint density at radius 1 is 1.12 bits per heavy atom. The molecule has 2 aromatic carbocycles. The number of aryl methyl sites for hydroxylation is 1. The van der Waals surface area contributed by atoms with Crippen LogP contribution >= 0.6 is 0 Å². The number of rotatable bonds is 8. The molecule has 26 heavy (non-hydrogen) atoms. The van der Waals surface area contributed by atoms with E-state index in [0.29, 0.717) is 0 Å². The van der Waals surface area contributed by atoms with Crippen molar-refractivity contribution in [3.8, 4) is 6.07 Å². The average molecular weight is 361 g/mol. The van der Waals surface area contributed by atoms with E-state index in [4.69, 9.17) is 10.00 Å². The van der Waals surface area contributed by atoms with Crippen molar-refractivity contribution in [2.45, 2.75) is 51.7 Å². The first-order chi connectivity index (χ1) is 12.4. The number of benzene rings is 2. The molecule has 0 aliphatic carbocycles. The molecule has 138 valence electrons. The van der Waals surface area contributed by atoms with E-state index in [2.05, 4.69) is 6.92 Å². The third kappa shape index (κ3) is 5.09. The molecule has 0 aromatic heterocycles. The van der Waals surface area contributed by atoms with Gasteiger partial charge in [-0.1, -0.05) is 50.1 Å². The third-order valence-electron chi connectivity index (χ3n) is 4.27. The molecule has 0 amide bonds. The monoisotopic (exact) mass is 361 g/mol. The number of ether oxygens (including phenoxy) is 1. The highest BCUT2D eigenvalue weighted by Crippen LogP contribution is 2.35. The minimum absolute atomic E-state index is 0.133. The van der Waals surface area contributed by atoms with Gasteiger partial charge in [0.2, 0.25) is 0 Å². The Kier molecular flexibility index (Phi) is 6.82. The van der Waals surface area contributed by atoms with Gasteiger partial charge in [-0.3, -0.25) is 0 Å². The molecule has 0 aliphatic heterocycles. The number of hydrogen-bond acceptors (Lipinski definition) is 2. The molecule has 2 aromatic rings. The summed E-state index contributed by atoms with van der Waals surface area (Å²) in [6.45, 7) is 3.54. The first-order valence-electron chi connectivity index (χ1n) is 8.72. The number of nitriles is 1. The van der Waals surface area contributed by atoms with E-state index in [1.807, 2.05) is 0 Å². The molecule has 0 saturated carbocycles. The number of halogens is 3. The first-order valence-corrected chi connectivity index (χ1v) is 8.72.